The van der Waals surface area contributed by atoms with Crippen molar-refractivity contribution < 1.29 is 14.4 Å². The maximum atomic E-state index is 13.1. The van der Waals surface area contributed by atoms with Crippen LogP contribution >= 0.6 is 0 Å². The molecule has 1 unspecified atom stereocenters. The molecular weight excluding hydrogens is 316 g/mol. The normalized spacial score (nSPS) is 25.0. The standard InChI is InChI=1S/C20H26N2O3/c1-5-6-10-15(2)17(23)13-22-18(24)20(3,14-21(4)19(22)25)16-11-8-7-9-12-16/h5-8,10,12H,9,11,13-14H2,1-4H3/b6-5-,15-10+. The van der Waals surface area contributed by atoms with Gasteiger partial charge in [0.1, 0.15) is 0 Å². The molecule has 2 rings (SSSR count). The number of amides is 3. The van der Waals surface area contributed by atoms with Crippen LogP contribution in [0, 0.1) is 5.41 Å². The molecule has 0 bridgehead atoms. The number of carbonyl (C=O) groups is 3. The minimum Gasteiger partial charge on any atom is -0.326 e. The van der Waals surface area contributed by atoms with E-state index >= 15 is 0 Å². The van der Waals surface area contributed by atoms with Crippen LogP contribution in [0.5, 0.6) is 0 Å². The third kappa shape index (κ3) is 3.81. The molecule has 0 aromatic heterocycles. The summed E-state index contributed by atoms with van der Waals surface area (Å²) in [7, 11) is 1.67. The minimum atomic E-state index is -0.783. The maximum Gasteiger partial charge on any atom is 0.326 e. The zero-order chi connectivity index (χ0) is 18.6. The molecule has 0 radical (unpaired) electrons. The molecule has 3 amide bonds. The van der Waals surface area contributed by atoms with Crippen molar-refractivity contribution in [2.75, 3.05) is 20.1 Å². The number of hydrogen-bond donors (Lipinski definition) is 0. The van der Waals surface area contributed by atoms with E-state index in [9.17, 15) is 14.4 Å². The van der Waals surface area contributed by atoms with Crippen molar-refractivity contribution in [2.24, 2.45) is 5.41 Å². The zero-order valence-electron chi connectivity index (χ0n) is 15.4. The lowest BCUT2D eigenvalue weighted by Gasteiger charge is -2.44. The number of Topliss-reactive ketones (excluding diaryl/α,β-unsaturated/α-hetero) is 1. The van der Waals surface area contributed by atoms with E-state index in [4.69, 9.17) is 0 Å². The smallest absolute Gasteiger partial charge is 0.326 e. The first-order chi connectivity index (χ1) is 11.8. The van der Waals surface area contributed by atoms with Gasteiger partial charge in [-0.05, 0) is 39.2 Å². The van der Waals surface area contributed by atoms with E-state index in [1.54, 1.807) is 26.1 Å². The van der Waals surface area contributed by atoms with Crippen molar-refractivity contribution in [1.82, 2.24) is 9.80 Å². The van der Waals surface area contributed by atoms with Gasteiger partial charge in [0, 0.05) is 13.6 Å². The number of allylic oxidation sites excluding steroid dienone is 6. The van der Waals surface area contributed by atoms with Crippen molar-refractivity contribution >= 4 is 17.7 Å². The summed E-state index contributed by atoms with van der Waals surface area (Å²) in [4.78, 5) is 40.6. The lowest BCUT2D eigenvalue weighted by Crippen LogP contribution is -2.61. The highest BCUT2D eigenvalue weighted by atomic mass is 16.2. The molecule has 0 spiro atoms. The summed E-state index contributed by atoms with van der Waals surface area (Å²) < 4.78 is 0. The van der Waals surface area contributed by atoms with Gasteiger partial charge in [-0.3, -0.25) is 14.5 Å². The highest BCUT2D eigenvalue weighted by molar-refractivity contribution is 6.07. The summed E-state index contributed by atoms with van der Waals surface area (Å²) in [6, 6.07) is -0.415. The summed E-state index contributed by atoms with van der Waals surface area (Å²) in [5, 5.41) is 0. The van der Waals surface area contributed by atoms with E-state index in [2.05, 4.69) is 12.2 Å². The van der Waals surface area contributed by atoms with Crippen LogP contribution in [0.2, 0.25) is 0 Å². The highest BCUT2D eigenvalue weighted by Gasteiger charge is 2.48. The zero-order valence-corrected chi connectivity index (χ0v) is 15.4. The molecular formula is C20H26N2O3. The van der Waals surface area contributed by atoms with Gasteiger partial charge in [-0.15, -0.1) is 0 Å². The van der Waals surface area contributed by atoms with Gasteiger partial charge in [0.15, 0.2) is 5.78 Å². The number of rotatable bonds is 5. The predicted molar refractivity (Wildman–Crippen MR) is 97.9 cm³/mol. The monoisotopic (exact) mass is 342 g/mol. The Kier molecular flexibility index (Phi) is 5.77. The van der Waals surface area contributed by atoms with E-state index in [-0.39, 0.29) is 18.2 Å². The number of carbonyl (C=O) groups excluding carboxylic acids is 3. The van der Waals surface area contributed by atoms with E-state index in [0.717, 1.165) is 16.9 Å². The molecule has 1 saturated heterocycles. The number of imide groups is 1. The average Bonchev–Trinajstić information content (AvgIpc) is 2.62. The van der Waals surface area contributed by atoms with E-state index in [1.165, 1.54) is 4.90 Å². The fourth-order valence-corrected chi connectivity index (χ4v) is 3.23. The third-order valence-electron chi connectivity index (χ3n) is 4.82. The van der Waals surface area contributed by atoms with Crippen LogP contribution in [0.4, 0.5) is 4.79 Å². The number of ketones is 1. The SMILES string of the molecule is C/C=C\C=C(/C)C(=O)CN1C(=O)N(C)CC(C)(C2=CCC=CC2)C1=O. The van der Waals surface area contributed by atoms with Crippen LogP contribution in [0.15, 0.2) is 47.6 Å². The van der Waals surface area contributed by atoms with Crippen molar-refractivity contribution in [3.05, 3.63) is 47.6 Å². The lowest BCUT2D eigenvalue weighted by molar-refractivity contribution is -0.142. The Morgan fingerprint density at radius 2 is 2.04 bits per heavy atom. The van der Waals surface area contributed by atoms with Gasteiger partial charge in [-0.1, -0.05) is 42.0 Å². The largest absolute Gasteiger partial charge is 0.326 e. The molecule has 1 atom stereocenters. The second kappa shape index (κ2) is 7.64. The highest BCUT2D eigenvalue weighted by Crippen LogP contribution is 2.37. The molecule has 5 heteroatoms. The molecule has 1 fully saturated rings. The Balaban J connectivity index is 2.27. The number of hydrogen-bond acceptors (Lipinski definition) is 3. The fraction of sp³-hybridized carbons (Fsp3) is 0.450. The summed E-state index contributed by atoms with van der Waals surface area (Å²) in [6.07, 6.45) is 12.9. The Bertz CT molecular complexity index is 700. The molecule has 0 N–H and O–H groups in total. The number of nitrogens with zero attached hydrogens (tertiary/aromatic N) is 2. The van der Waals surface area contributed by atoms with Crippen molar-refractivity contribution in [1.29, 1.82) is 0 Å². The van der Waals surface area contributed by atoms with E-state index in [0.29, 0.717) is 18.5 Å². The lowest BCUT2D eigenvalue weighted by atomic mass is 9.75. The van der Waals surface area contributed by atoms with Crippen LogP contribution in [-0.4, -0.2) is 47.7 Å². The molecule has 0 aromatic carbocycles. The number of urea groups is 1. The van der Waals surface area contributed by atoms with Gasteiger partial charge in [0.05, 0.1) is 12.0 Å². The van der Waals surface area contributed by atoms with Crippen LogP contribution < -0.4 is 0 Å². The molecule has 134 valence electrons. The molecule has 5 nitrogen and oxygen atoms in total. The Morgan fingerprint density at radius 3 is 2.64 bits per heavy atom. The minimum absolute atomic E-state index is 0.222. The second-order valence-electron chi connectivity index (χ2n) is 6.80. The molecule has 0 aromatic rings. The average molecular weight is 342 g/mol. The predicted octanol–water partition coefficient (Wildman–Crippen LogP) is 3.25. The fourth-order valence-electron chi connectivity index (χ4n) is 3.23. The Morgan fingerprint density at radius 1 is 1.32 bits per heavy atom. The van der Waals surface area contributed by atoms with E-state index < -0.39 is 11.4 Å². The first-order valence-electron chi connectivity index (χ1n) is 8.55. The summed E-state index contributed by atoms with van der Waals surface area (Å²) in [5.74, 6) is -0.515. The summed E-state index contributed by atoms with van der Waals surface area (Å²) >= 11 is 0. The van der Waals surface area contributed by atoms with Crippen LogP contribution in [0.3, 0.4) is 0 Å². The Labute approximate surface area is 149 Å². The van der Waals surface area contributed by atoms with Crippen molar-refractivity contribution in [3.8, 4) is 0 Å². The van der Waals surface area contributed by atoms with E-state index in [1.807, 2.05) is 26.0 Å². The molecule has 1 heterocycles. The van der Waals surface area contributed by atoms with Gasteiger partial charge >= 0.3 is 6.03 Å². The molecule has 1 aliphatic heterocycles. The summed E-state index contributed by atoms with van der Waals surface area (Å²) in [6.45, 7) is 5.53. The topological polar surface area (TPSA) is 57.7 Å². The maximum absolute atomic E-state index is 13.1. The van der Waals surface area contributed by atoms with Gasteiger partial charge in [0.25, 0.3) is 0 Å². The Hall–Kier alpha value is -2.43. The van der Waals surface area contributed by atoms with Gasteiger partial charge < -0.3 is 4.90 Å². The van der Waals surface area contributed by atoms with Gasteiger partial charge in [0.2, 0.25) is 5.91 Å². The van der Waals surface area contributed by atoms with Crippen LogP contribution in [0.25, 0.3) is 0 Å². The first kappa shape index (κ1) is 18.9. The molecule has 2 aliphatic rings. The molecule has 25 heavy (non-hydrogen) atoms. The summed E-state index contributed by atoms with van der Waals surface area (Å²) in [5.41, 5.74) is 0.751. The third-order valence-corrected chi connectivity index (χ3v) is 4.82. The van der Waals surface area contributed by atoms with Crippen LogP contribution in [-0.2, 0) is 9.59 Å². The van der Waals surface area contributed by atoms with Crippen LogP contribution in [0.1, 0.15) is 33.6 Å². The first-order valence-corrected chi connectivity index (χ1v) is 8.55. The molecule has 1 aliphatic carbocycles. The molecule has 0 saturated carbocycles. The quantitative estimate of drug-likeness (QED) is 0.438. The second-order valence-corrected chi connectivity index (χ2v) is 6.80. The van der Waals surface area contributed by atoms with Crippen molar-refractivity contribution in [3.63, 3.8) is 0 Å². The van der Waals surface area contributed by atoms with Gasteiger partial charge in [-0.25, -0.2) is 4.79 Å². The van der Waals surface area contributed by atoms with Crippen molar-refractivity contribution in [2.45, 2.75) is 33.6 Å². The van der Waals surface area contributed by atoms with Gasteiger partial charge in [-0.2, -0.15) is 0 Å².